The summed E-state index contributed by atoms with van der Waals surface area (Å²) in [6, 6.07) is 23.4. The number of para-hydroxylation sites is 2. The molecule has 53 heavy (non-hydrogen) atoms. The standard InChI is InChI=1S/2C20H26O5S.Ca/c2*1-2-3-4-5-6-8-11-16-14-15-18(19(21)20(16)26(22,23)24)25-17-12-9-7-10-13-17;/h2*7,9-10,12-15,21H,2-6,8,11H2,1H3,(H,22,23,24);/q;;+2/p-2. The molecule has 0 heterocycles. The van der Waals surface area contributed by atoms with Gasteiger partial charge in [0.1, 0.15) is 32.3 Å². The van der Waals surface area contributed by atoms with E-state index in [1.807, 2.05) is 6.07 Å². The molecule has 284 valence electrons. The fraction of sp³-hybridized carbons (Fsp3) is 0.400. The molecule has 4 rings (SSSR count). The predicted octanol–water partition coefficient (Wildman–Crippen LogP) is 9.31. The smallest absolute Gasteiger partial charge is 0.869 e. The summed E-state index contributed by atoms with van der Waals surface area (Å²) in [6.07, 6.45) is 13.5. The molecule has 0 unspecified atom stereocenters. The minimum absolute atomic E-state index is 0. The van der Waals surface area contributed by atoms with Gasteiger partial charge in [0.05, 0.1) is 4.90 Å². The van der Waals surface area contributed by atoms with E-state index in [0.29, 0.717) is 29.9 Å². The minimum Gasteiger partial charge on any atom is -0.869 e. The van der Waals surface area contributed by atoms with E-state index in [-0.39, 0.29) is 54.8 Å². The summed E-state index contributed by atoms with van der Waals surface area (Å²) >= 11 is 0. The first-order chi connectivity index (χ1) is 24.9. The van der Waals surface area contributed by atoms with E-state index >= 15 is 0 Å². The van der Waals surface area contributed by atoms with Crippen LogP contribution in [-0.2, 0) is 33.1 Å². The molecule has 0 fully saturated rings. The van der Waals surface area contributed by atoms with Crippen LogP contribution in [-0.4, -0.2) is 68.8 Å². The van der Waals surface area contributed by atoms with Crippen molar-refractivity contribution in [2.75, 3.05) is 0 Å². The van der Waals surface area contributed by atoms with E-state index in [1.54, 1.807) is 60.7 Å². The first-order valence-corrected chi connectivity index (χ1v) is 20.8. The van der Waals surface area contributed by atoms with Crippen molar-refractivity contribution in [3.63, 3.8) is 0 Å². The van der Waals surface area contributed by atoms with Crippen LogP contribution in [0.4, 0.5) is 0 Å². The molecule has 0 aromatic heterocycles. The summed E-state index contributed by atoms with van der Waals surface area (Å²) < 4.78 is 79.1. The molecule has 0 spiro atoms. The Labute approximate surface area is 345 Å². The van der Waals surface area contributed by atoms with Gasteiger partial charge in [-0.15, -0.1) is 0 Å². The zero-order valence-electron chi connectivity index (χ0n) is 30.7. The molecule has 0 aliphatic carbocycles. The molecule has 0 aliphatic rings. The summed E-state index contributed by atoms with van der Waals surface area (Å²) in [4.78, 5) is -1.14. The first kappa shape index (κ1) is 46.3. The van der Waals surface area contributed by atoms with E-state index < -0.39 is 41.5 Å². The topological polar surface area (TPSA) is 173 Å². The van der Waals surface area contributed by atoms with Gasteiger partial charge < -0.3 is 24.2 Å². The van der Waals surface area contributed by atoms with Gasteiger partial charge >= 0.3 is 37.7 Å². The molecule has 2 N–H and O–H groups in total. The van der Waals surface area contributed by atoms with Gasteiger partial charge in [0.15, 0.2) is 11.5 Å². The Kier molecular flexibility index (Phi) is 20.8. The zero-order chi connectivity index (χ0) is 38.0. The van der Waals surface area contributed by atoms with Crippen LogP contribution in [0.2, 0.25) is 0 Å². The fourth-order valence-electron chi connectivity index (χ4n) is 5.72. The third-order valence-corrected chi connectivity index (χ3v) is 10.3. The van der Waals surface area contributed by atoms with Crippen molar-refractivity contribution in [3.8, 4) is 34.5 Å². The SMILES string of the molecule is CCCCCCCCc1ccc(Oc2ccccc2)c(O)c1S(=O)(=O)O.CCCCCCCCc1ccc(Oc2ccccc2)c([O-])c1S(=O)(=O)[O-].[Ca+2]. The van der Waals surface area contributed by atoms with Crippen molar-refractivity contribution in [2.24, 2.45) is 0 Å². The maximum Gasteiger partial charge on any atom is 2.00 e. The number of ether oxygens (including phenoxy) is 2. The largest absolute Gasteiger partial charge is 2.00 e. The number of benzene rings is 4. The van der Waals surface area contributed by atoms with Gasteiger partial charge in [0.25, 0.3) is 10.1 Å². The summed E-state index contributed by atoms with van der Waals surface area (Å²) in [5, 5.41) is 22.9. The van der Waals surface area contributed by atoms with Crippen LogP contribution in [0.5, 0.6) is 34.5 Å². The number of phenols is 1. The zero-order valence-corrected chi connectivity index (χ0v) is 34.5. The molecule has 0 amide bonds. The molecule has 4 aromatic rings. The summed E-state index contributed by atoms with van der Waals surface area (Å²) in [7, 11) is -9.43. The van der Waals surface area contributed by atoms with Crippen molar-refractivity contribution in [3.05, 3.63) is 96.1 Å². The Bertz CT molecular complexity index is 1750. The summed E-state index contributed by atoms with van der Waals surface area (Å²) in [5.74, 6) is -0.713. The molecule has 4 aromatic carbocycles. The predicted molar refractivity (Wildman–Crippen MR) is 205 cm³/mol. The molecule has 0 aliphatic heterocycles. The minimum atomic E-state index is -4.87. The molecular formula is C40H50CaO10S2. The van der Waals surface area contributed by atoms with Crippen molar-refractivity contribution < 1.29 is 45.6 Å². The fourth-order valence-corrected chi connectivity index (χ4v) is 7.39. The van der Waals surface area contributed by atoms with Crippen LogP contribution in [0, 0.1) is 0 Å². The second kappa shape index (κ2) is 23.8. The number of phenolic OH excluding ortho intramolecular Hbond substituents is 1. The van der Waals surface area contributed by atoms with Crippen molar-refractivity contribution >= 4 is 58.0 Å². The van der Waals surface area contributed by atoms with Crippen LogP contribution in [0.3, 0.4) is 0 Å². The normalized spacial score (nSPS) is 11.2. The Balaban J connectivity index is 0.000000360. The Morgan fingerprint density at radius 3 is 1.40 bits per heavy atom. The van der Waals surface area contributed by atoms with Gasteiger partial charge in [0, 0.05) is 0 Å². The number of aromatic hydroxyl groups is 1. The van der Waals surface area contributed by atoms with Crippen molar-refractivity contribution in [1.82, 2.24) is 0 Å². The number of hydrogen-bond acceptors (Lipinski definition) is 9. The summed E-state index contributed by atoms with van der Waals surface area (Å²) in [5.41, 5.74) is 0.682. The number of unbranched alkanes of at least 4 members (excludes halogenated alkanes) is 10. The van der Waals surface area contributed by atoms with Gasteiger partial charge in [-0.3, -0.25) is 4.55 Å². The van der Waals surface area contributed by atoms with Crippen molar-refractivity contribution in [2.45, 2.75) is 114 Å². The Morgan fingerprint density at radius 2 is 0.962 bits per heavy atom. The van der Waals surface area contributed by atoms with Gasteiger partial charge in [-0.1, -0.05) is 127 Å². The average molecular weight is 795 g/mol. The van der Waals surface area contributed by atoms with Gasteiger partial charge in [-0.25, -0.2) is 8.42 Å². The molecule has 10 nitrogen and oxygen atoms in total. The van der Waals surface area contributed by atoms with Crippen LogP contribution in [0.25, 0.3) is 0 Å². The number of aryl methyl sites for hydroxylation is 2. The molecule has 0 saturated carbocycles. The van der Waals surface area contributed by atoms with Gasteiger partial charge in [-0.2, -0.15) is 8.42 Å². The van der Waals surface area contributed by atoms with E-state index in [4.69, 9.17) is 9.47 Å². The van der Waals surface area contributed by atoms with E-state index in [0.717, 1.165) is 57.8 Å². The molecule has 0 radical (unpaired) electrons. The molecule has 0 bridgehead atoms. The van der Waals surface area contributed by atoms with Gasteiger partial charge in [0.2, 0.25) is 0 Å². The third-order valence-electron chi connectivity index (χ3n) is 8.38. The van der Waals surface area contributed by atoms with E-state index in [9.17, 15) is 36.2 Å². The van der Waals surface area contributed by atoms with E-state index in [1.165, 1.54) is 37.5 Å². The maximum absolute atomic E-state index is 12.5. The average Bonchev–Trinajstić information content (AvgIpc) is 3.10. The van der Waals surface area contributed by atoms with Crippen LogP contribution in [0.15, 0.2) is 94.7 Å². The second-order valence-electron chi connectivity index (χ2n) is 12.6. The summed E-state index contributed by atoms with van der Waals surface area (Å²) in [6.45, 7) is 4.29. The first-order valence-electron chi connectivity index (χ1n) is 17.9. The Morgan fingerprint density at radius 1 is 0.566 bits per heavy atom. The molecular weight excluding hydrogens is 745 g/mol. The Hall–Kier alpha value is -2.84. The van der Waals surface area contributed by atoms with Gasteiger partial charge in [-0.05, 0) is 79.0 Å². The number of hydrogen-bond donors (Lipinski definition) is 2. The maximum atomic E-state index is 12.5. The van der Waals surface area contributed by atoms with Crippen LogP contribution < -0.4 is 14.6 Å². The van der Waals surface area contributed by atoms with E-state index in [2.05, 4.69) is 13.8 Å². The van der Waals surface area contributed by atoms with Crippen LogP contribution in [0.1, 0.15) is 102 Å². The van der Waals surface area contributed by atoms with Crippen molar-refractivity contribution in [1.29, 1.82) is 0 Å². The quantitative estimate of drug-likeness (QED) is 0.0499. The second-order valence-corrected chi connectivity index (χ2v) is 15.3. The van der Waals surface area contributed by atoms with Crippen LogP contribution >= 0.6 is 0 Å². The third kappa shape index (κ3) is 15.8. The monoisotopic (exact) mass is 794 g/mol. The molecule has 0 atom stereocenters. The number of rotatable bonds is 20. The molecule has 0 saturated heterocycles. The molecule has 13 heteroatoms.